The minimum absolute atomic E-state index is 0.0784. The van der Waals surface area contributed by atoms with Crippen LogP contribution in [0.2, 0.25) is 0 Å². The fraction of sp³-hybridized carbons (Fsp3) is 0.143. The van der Waals surface area contributed by atoms with E-state index in [1.807, 2.05) is 53.5 Å². The van der Waals surface area contributed by atoms with E-state index in [1.54, 1.807) is 0 Å². The Kier molecular flexibility index (Phi) is 3.94. The molecular weight excluding hydrogens is 312 g/mol. The molecule has 0 saturated heterocycles. The van der Waals surface area contributed by atoms with Crippen LogP contribution in [0.4, 0.5) is 5.69 Å². The third kappa shape index (κ3) is 3.11. The number of benzene rings is 3. The molecule has 1 unspecified atom stereocenters. The summed E-state index contributed by atoms with van der Waals surface area (Å²) in [7, 11) is 0. The summed E-state index contributed by atoms with van der Waals surface area (Å²) >= 11 is 0. The first kappa shape index (κ1) is 15.4. The van der Waals surface area contributed by atoms with E-state index in [4.69, 9.17) is 5.10 Å². The Balaban J connectivity index is 1.75. The van der Waals surface area contributed by atoms with Crippen molar-refractivity contribution in [2.24, 2.45) is 11.0 Å². The molecule has 3 aromatic rings. The zero-order valence-corrected chi connectivity index (χ0v) is 13.7. The molecule has 1 aliphatic rings. The monoisotopic (exact) mass is 330 g/mol. The Morgan fingerprint density at radius 1 is 1.00 bits per heavy atom. The van der Waals surface area contributed by atoms with Crippen LogP contribution in [-0.4, -0.2) is 23.3 Å². The molecule has 1 aliphatic heterocycles. The molecule has 25 heavy (non-hydrogen) atoms. The number of nitrogens with zero attached hydrogens (tertiary/aromatic N) is 2. The quantitative estimate of drug-likeness (QED) is 0.781. The number of carbonyl (C=O) groups is 1. The van der Waals surface area contributed by atoms with Crippen molar-refractivity contribution in [2.45, 2.75) is 6.42 Å². The number of para-hydroxylation sites is 1. The topological polar surface area (TPSA) is 52.9 Å². The van der Waals surface area contributed by atoms with Crippen LogP contribution in [-0.2, 0) is 4.79 Å². The van der Waals surface area contributed by atoms with Gasteiger partial charge >= 0.3 is 5.97 Å². The average molecular weight is 330 g/mol. The average Bonchev–Trinajstić information content (AvgIpc) is 3.05. The molecule has 0 spiro atoms. The number of rotatable bonds is 4. The lowest BCUT2D eigenvalue weighted by Gasteiger charge is -2.15. The van der Waals surface area contributed by atoms with Gasteiger partial charge in [-0.05, 0) is 34.5 Å². The number of fused-ring (bicyclic) bond motifs is 1. The number of aliphatic carboxylic acids is 1. The van der Waals surface area contributed by atoms with Crippen LogP contribution < -0.4 is 5.01 Å². The molecule has 0 bridgehead atoms. The van der Waals surface area contributed by atoms with Gasteiger partial charge in [-0.25, -0.2) is 0 Å². The maximum Gasteiger partial charge on any atom is 0.304 e. The summed E-state index contributed by atoms with van der Waals surface area (Å²) in [5.41, 5.74) is 2.81. The predicted octanol–water partition coefficient (Wildman–Crippen LogP) is 4.16. The van der Waals surface area contributed by atoms with E-state index in [2.05, 4.69) is 24.3 Å². The zero-order valence-electron chi connectivity index (χ0n) is 13.7. The fourth-order valence-electron chi connectivity index (χ4n) is 3.33. The summed E-state index contributed by atoms with van der Waals surface area (Å²) < 4.78 is 0. The second-order valence-corrected chi connectivity index (χ2v) is 6.26. The molecule has 1 atom stereocenters. The van der Waals surface area contributed by atoms with E-state index in [0.29, 0.717) is 6.54 Å². The van der Waals surface area contributed by atoms with Crippen LogP contribution in [0, 0.1) is 5.92 Å². The van der Waals surface area contributed by atoms with Crippen LogP contribution in [0.3, 0.4) is 0 Å². The van der Waals surface area contributed by atoms with E-state index in [-0.39, 0.29) is 12.3 Å². The van der Waals surface area contributed by atoms with Crippen molar-refractivity contribution in [2.75, 3.05) is 11.6 Å². The van der Waals surface area contributed by atoms with Gasteiger partial charge in [0.25, 0.3) is 0 Å². The van der Waals surface area contributed by atoms with Gasteiger partial charge < -0.3 is 5.11 Å². The van der Waals surface area contributed by atoms with Gasteiger partial charge in [-0.3, -0.25) is 9.80 Å². The molecule has 124 valence electrons. The van der Waals surface area contributed by atoms with Gasteiger partial charge in [0.1, 0.15) is 0 Å². The smallest absolute Gasteiger partial charge is 0.304 e. The third-order valence-electron chi connectivity index (χ3n) is 4.53. The van der Waals surface area contributed by atoms with E-state index in [0.717, 1.165) is 22.3 Å². The van der Waals surface area contributed by atoms with Crippen LogP contribution >= 0.6 is 0 Å². The first-order valence-electron chi connectivity index (χ1n) is 8.33. The number of anilines is 1. The van der Waals surface area contributed by atoms with Gasteiger partial charge in [0.2, 0.25) is 0 Å². The Morgan fingerprint density at radius 2 is 1.72 bits per heavy atom. The van der Waals surface area contributed by atoms with Crippen molar-refractivity contribution in [3.63, 3.8) is 0 Å². The Morgan fingerprint density at radius 3 is 2.48 bits per heavy atom. The van der Waals surface area contributed by atoms with Crippen LogP contribution in [0.15, 0.2) is 77.9 Å². The lowest BCUT2D eigenvalue weighted by Crippen LogP contribution is -2.22. The molecule has 0 amide bonds. The molecule has 4 rings (SSSR count). The maximum absolute atomic E-state index is 11.3. The van der Waals surface area contributed by atoms with E-state index in [9.17, 15) is 9.90 Å². The van der Waals surface area contributed by atoms with Crippen molar-refractivity contribution in [3.8, 4) is 0 Å². The molecule has 4 heteroatoms. The van der Waals surface area contributed by atoms with Gasteiger partial charge in [0.05, 0.1) is 24.4 Å². The normalized spacial score (nSPS) is 16.9. The third-order valence-corrected chi connectivity index (χ3v) is 4.53. The highest BCUT2D eigenvalue weighted by Crippen LogP contribution is 2.28. The molecule has 0 aromatic heterocycles. The molecule has 0 radical (unpaired) electrons. The van der Waals surface area contributed by atoms with Crippen molar-refractivity contribution < 1.29 is 9.90 Å². The van der Waals surface area contributed by atoms with E-state index >= 15 is 0 Å². The first-order valence-corrected chi connectivity index (χ1v) is 8.33. The van der Waals surface area contributed by atoms with Gasteiger partial charge in [0, 0.05) is 5.92 Å². The zero-order chi connectivity index (χ0) is 17.2. The largest absolute Gasteiger partial charge is 0.481 e. The SMILES string of the molecule is O=C(O)CC1CN(c2ccccc2)N=C1c1ccc2ccccc2c1. The van der Waals surface area contributed by atoms with E-state index in [1.165, 1.54) is 5.39 Å². The lowest BCUT2D eigenvalue weighted by molar-refractivity contribution is -0.137. The highest BCUT2D eigenvalue weighted by atomic mass is 16.4. The maximum atomic E-state index is 11.3. The van der Waals surface area contributed by atoms with Crippen molar-refractivity contribution in [1.82, 2.24) is 0 Å². The minimum atomic E-state index is -0.798. The molecule has 1 N–H and O–H groups in total. The molecule has 0 saturated carbocycles. The highest BCUT2D eigenvalue weighted by Gasteiger charge is 2.30. The summed E-state index contributed by atoms with van der Waals surface area (Å²) in [5, 5.41) is 18.3. The van der Waals surface area contributed by atoms with Crippen LogP contribution in [0.5, 0.6) is 0 Å². The van der Waals surface area contributed by atoms with Gasteiger partial charge in [-0.15, -0.1) is 0 Å². The molecule has 3 aromatic carbocycles. The fourth-order valence-corrected chi connectivity index (χ4v) is 3.33. The predicted molar refractivity (Wildman–Crippen MR) is 100 cm³/mol. The van der Waals surface area contributed by atoms with Crippen molar-refractivity contribution in [3.05, 3.63) is 78.4 Å². The second-order valence-electron chi connectivity index (χ2n) is 6.26. The Bertz CT molecular complexity index is 950. The summed E-state index contributed by atoms with van der Waals surface area (Å²) in [4.78, 5) is 11.3. The standard InChI is InChI=1S/C21H18N2O2/c24-20(25)13-18-14-23(19-8-2-1-3-9-19)22-21(18)17-11-10-15-6-4-5-7-16(15)12-17/h1-12,18H,13-14H2,(H,24,25). The van der Waals surface area contributed by atoms with Crippen molar-refractivity contribution in [1.29, 1.82) is 0 Å². The van der Waals surface area contributed by atoms with Gasteiger partial charge in [-0.1, -0.05) is 54.6 Å². The van der Waals surface area contributed by atoms with Crippen LogP contribution in [0.1, 0.15) is 12.0 Å². The van der Waals surface area contributed by atoms with Gasteiger partial charge in [0.15, 0.2) is 0 Å². The summed E-state index contributed by atoms with van der Waals surface area (Å²) in [5.74, 6) is -0.924. The molecule has 0 aliphatic carbocycles. The van der Waals surface area contributed by atoms with Gasteiger partial charge in [-0.2, -0.15) is 5.10 Å². The minimum Gasteiger partial charge on any atom is -0.481 e. The van der Waals surface area contributed by atoms with Crippen LogP contribution in [0.25, 0.3) is 10.8 Å². The highest BCUT2D eigenvalue weighted by molar-refractivity contribution is 6.07. The first-order chi connectivity index (χ1) is 12.2. The number of hydrogen-bond acceptors (Lipinski definition) is 3. The summed E-state index contributed by atoms with van der Waals surface area (Å²) in [6.45, 7) is 0.582. The molecule has 0 fully saturated rings. The molecule has 1 heterocycles. The Hall–Kier alpha value is -3.14. The molecule has 4 nitrogen and oxygen atoms in total. The van der Waals surface area contributed by atoms with Crippen molar-refractivity contribution >= 4 is 28.1 Å². The Labute approximate surface area is 146 Å². The lowest BCUT2D eigenvalue weighted by atomic mass is 9.93. The number of carboxylic acid groups (broad SMARTS) is 1. The summed E-state index contributed by atoms with van der Waals surface area (Å²) in [6, 6.07) is 24.2. The number of carboxylic acids is 1. The number of hydrazone groups is 1. The second kappa shape index (κ2) is 6.40. The summed E-state index contributed by atoms with van der Waals surface area (Å²) in [6.07, 6.45) is 0.0784. The van der Waals surface area contributed by atoms with E-state index < -0.39 is 5.97 Å². The number of hydrogen-bond donors (Lipinski definition) is 1. The molecular formula is C21H18N2O2.